The monoisotopic (exact) mass is 541 g/mol. The summed E-state index contributed by atoms with van der Waals surface area (Å²) >= 11 is 1.96. The molecule has 0 radical (unpaired) electrons. The second-order valence-electron chi connectivity index (χ2n) is 13.8. The summed E-state index contributed by atoms with van der Waals surface area (Å²) in [7, 11) is 0. The Bertz CT molecular complexity index is 938. The van der Waals surface area contributed by atoms with Crippen molar-refractivity contribution < 1.29 is 4.74 Å². The fourth-order valence-corrected chi connectivity index (χ4v) is 9.27. The molecule has 6 nitrogen and oxygen atoms in total. The van der Waals surface area contributed by atoms with Gasteiger partial charge >= 0.3 is 0 Å². The molecule has 0 spiro atoms. The Morgan fingerprint density at radius 3 is 2.61 bits per heavy atom. The van der Waals surface area contributed by atoms with Crippen LogP contribution in [0.25, 0.3) is 0 Å². The molecule has 2 aliphatic carbocycles. The van der Waals surface area contributed by atoms with Gasteiger partial charge in [-0.15, -0.1) is 0 Å². The van der Waals surface area contributed by atoms with Crippen LogP contribution in [0.5, 0.6) is 0 Å². The Kier molecular flexibility index (Phi) is 8.45. The molecular weight excluding hydrogens is 490 g/mol. The topological polar surface area (TPSA) is 51.8 Å². The zero-order chi connectivity index (χ0) is 26.3. The number of aryl methyl sites for hydroxylation is 2. The number of benzene rings is 1. The lowest BCUT2D eigenvalue weighted by atomic mass is 9.88. The lowest BCUT2D eigenvalue weighted by Gasteiger charge is -2.41. The highest BCUT2D eigenvalue weighted by Gasteiger charge is 2.39. The van der Waals surface area contributed by atoms with Gasteiger partial charge in [0.15, 0.2) is 0 Å². The number of nitrogens with zero attached hydrogens (tertiary/aromatic N) is 2. The molecule has 0 aromatic heterocycles. The minimum atomic E-state index is 0.0327. The van der Waals surface area contributed by atoms with E-state index in [4.69, 9.17) is 4.74 Å². The molecular formula is C31H51N5OS. The third kappa shape index (κ3) is 6.45. The minimum absolute atomic E-state index is 0.0327. The average Bonchev–Trinajstić information content (AvgIpc) is 3.12. The van der Waals surface area contributed by atoms with Crippen LogP contribution in [0.15, 0.2) is 18.2 Å². The molecule has 0 amide bonds. The largest absolute Gasteiger partial charge is 0.357 e. The van der Waals surface area contributed by atoms with Crippen molar-refractivity contribution in [3.8, 4) is 0 Å². The molecule has 212 valence electrons. The molecule has 2 saturated carbocycles. The first-order chi connectivity index (χ1) is 18.3. The molecule has 6 bridgehead atoms. The number of ether oxygens (including phenoxy) is 1. The number of fused-ring (bicyclic) bond motifs is 6. The van der Waals surface area contributed by atoms with Crippen molar-refractivity contribution in [3.05, 3.63) is 34.9 Å². The van der Waals surface area contributed by atoms with E-state index < -0.39 is 0 Å². The van der Waals surface area contributed by atoms with Crippen molar-refractivity contribution in [2.75, 3.05) is 32.7 Å². The SMILES string of the molecule is Cc1cccc(C)c1C1CC2NC(NSC3CCCC(C3)CN3CCN(C4CCC(C)(C)C4)C[C@@H](C3)O2)N1. The molecule has 3 aliphatic heterocycles. The minimum Gasteiger partial charge on any atom is -0.357 e. The van der Waals surface area contributed by atoms with Gasteiger partial charge < -0.3 is 4.74 Å². The second kappa shape index (κ2) is 11.7. The number of hydrogen-bond donors (Lipinski definition) is 3. The standard InChI is InChI=1S/C31H51N5OS/c1-21-7-5-8-22(2)29(21)27-16-28-33-30(32-27)34-38-26-10-6-9-23(15-26)18-35-13-14-36(20-25(19-35)37-28)24-11-12-31(3,4)17-24/h5,7-8,23-28,30,32-34H,6,9-20H2,1-4H3/t23?,24?,25-,26?,27?,28?,30?/m1/s1. The lowest BCUT2D eigenvalue weighted by molar-refractivity contribution is -0.0780. The highest BCUT2D eigenvalue weighted by Crippen LogP contribution is 2.40. The normalized spacial score (nSPS) is 40.4. The zero-order valence-electron chi connectivity index (χ0n) is 24.2. The van der Waals surface area contributed by atoms with Crippen molar-refractivity contribution in [3.63, 3.8) is 0 Å². The van der Waals surface area contributed by atoms with Crippen LogP contribution in [0, 0.1) is 25.2 Å². The van der Waals surface area contributed by atoms with Crippen LogP contribution in [0.2, 0.25) is 0 Å². The molecule has 3 heterocycles. The summed E-state index contributed by atoms with van der Waals surface area (Å²) in [4.78, 5) is 5.58. The van der Waals surface area contributed by atoms with Crippen LogP contribution in [0.3, 0.4) is 0 Å². The molecule has 5 aliphatic rings. The van der Waals surface area contributed by atoms with E-state index in [1.54, 1.807) is 0 Å². The van der Waals surface area contributed by atoms with E-state index in [9.17, 15) is 0 Å². The summed E-state index contributed by atoms with van der Waals surface area (Å²) in [5, 5.41) is 8.43. The fraction of sp³-hybridized carbons (Fsp3) is 0.806. The summed E-state index contributed by atoms with van der Waals surface area (Å²) in [5.41, 5.74) is 4.67. The quantitative estimate of drug-likeness (QED) is 0.459. The summed E-state index contributed by atoms with van der Waals surface area (Å²) in [5.74, 6) is 0.809. The van der Waals surface area contributed by atoms with E-state index in [-0.39, 0.29) is 24.7 Å². The molecule has 38 heavy (non-hydrogen) atoms. The van der Waals surface area contributed by atoms with Crippen molar-refractivity contribution in [1.29, 1.82) is 0 Å². The van der Waals surface area contributed by atoms with Gasteiger partial charge in [-0.1, -0.05) is 50.4 Å². The van der Waals surface area contributed by atoms with E-state index in [0.29, 0.717) is 16.7 Å². The third-order valence-electron chi connectivity index (χ3n) is 10.1. The van der Waals surface area contributed by atoms with E-state index in [1.165, 1.54) is 81.3 Å². The predicted molar refractivity (Wildman–Crippen MR) is 158 cm³/mol. The van der Waals surface area contributed by atoms with Gasteiger partial charge in [-0.05, 0) is 80.4 Å². The second-order valence-corrected chi connectivity index (χ2v) is 15.0. The maximum absolute atomic E-state index is 7.09. The zero-order valence-corrected chi connectivity index (χ0v) is 25.0. The van der Waals surface area contributed by atoms with Gasteiger partial charge in [0, 0.05) is 56.5 Å². The van der Waals surface area contributed by atoms with Crippen LogP contribution in [-0.4, -0.2) is 72.4 Å². The van der Waals surface area contributed by atoms with Crippen molar-refractivity contribution >= 4 is 11.9 Å². The Hall–Kier alpha value is -0.670. The van der Waals surface area contributed by atoms with Crippen molar-refractivity contribution in [1.82, 2.24) is 25.2 Å². The van der Waals surface area contributed by atoms with Crippen LogP contribution >= 0.6 is 11.9 Å². The predicted octanol–water partition coefficient (Wildman–Crippen LogP) is 4.93. The summed E-state index contributed by atoms with van der Waals surface area (Å²) in [6.07, 6.45) is 10.7. The van der Waals surface area contributed by atoms with E-state index in [2.05, 4.69) is 71.0 Å². The van der Waals surface area contributed by atoms with Crippen LogP contribution in [-0.2, 0) is 4.74 Å². The Balaban J connectivity index is 1.26. The molecule has 1 aromatic carbocycles. The third-order valence-corrected chi connectivity index (χ3v) is 11.2. The highest BCUT2D eigenvalue weighted by atomic mass is 32.2. The molecule has 7 unspecified atom stereocenters. The smallest absolute Gasteiger partial charge is 0.123 e. The first kappa shape index (κ1) is 27.5. The van der Waals surface area contributed by atoms with Crippen LogP contribution < -0.4 is 15.4 Å². The Morgan fingerprint density at radius 2 is 1.82 bits per heavy atom. The fourth-order valence-electron chi connectivity index (χ4n) is 8.16. The molecule has 8 atom stereocenters. The number of nitrogens with one attached hydrogen (secondary N) is 3. The van der Waals surface area contributed by atoms with E-state index in [0.717, 1.165) is 25.4 Å². The van der Waals surface area contributed by atoms with Gasteiger partial charge in [-0.3, -0.25) is 20.4 Å². The highest BCUT2D eigenvalue weighted by molar-refractivity contribution is 7.98. The maximum Gasteiger partial charge on any atom is 0.123 e. The van der Waals surface area contributed by atoms with Gasteiger partial charge in [0.2, 0.25) is 0 Å². The van der Waals surface area contributed by atoms with Gasteiger partial charge in [-0.2, -0.15) is 0 Å². The van der Waals surface area contributed by atoms with Crippen LogP contribution in [0.1, 0.15) is 87.9 Å². The summed E-state index contributed by atoms with van der Waals surface area (Å²) < 4.78 is 10.9. The van der Waals surface area contributed by atoms with Crippen molar-refractivity contribution in [2.45, 2.75) is 115 Å². The van der Waals surface area contributed by atoms with Gasteiger partial charge in [0.05, 0.1) is 6.10 Å². The lowest BCUT2D eigenvalue weighted by Crippen LogP contribution is -2.62. The van der Waals surface area contributed by atoms with Gasteiger partial charge in [0.25, 0.3) is 0 Å². The van der Waals surface area contributed by atoms with Gasteiger partial charge in [0.1, 0.15) is 12.5 Å². The first-order valence-electron chi connectivity index (χ1n) is 15.4. The number of hydrogen-bond acceptors (Lipinski definition) is 7. The van der Waals surface area contributed by atoms with E-state index in [1.807, 2.05) is 11.9 Å². The first-order valence-corrected chi connectivity index (χ1v) is 16.3. The molecule has 3 saturated heterocycles. The molecule has 7 heteroatoms. The van der Waals surface area contributed by atoms with E-state index >= 15 is 0 Å². The van der Waals surface area contributed by atoms with Crippen LogP contribution in [0.4, 0.5) is 0 Å². The Morgan fingerprint density at radius 1 is 0.974 bits per heavy atom. The molecule has 6 rings (SSSR count). The van der Waals surface area contributed by atoms with Gasteiger partial charge in [-0.25, -0.2) is 4.72 Å². The summed E-state index contributed by atoms with van der Waals surface area (Å²) in [6, 6.07) is 7.69. The Labute approximate surface area is 235 Å². The maximum atomic E-state index is 7.09. The molecule has 1 aromatic rings. The molecule has 3 N–H and O–H groups in total. The average molecular weight is 542 g/mol. The number of rotatable bonds is 2. The van der Waals surface area contributed by atoms with Crippen molar-refractivity contribution in [2.24, 2.45) is 11.3 Å². The molecule has 5 fully saturated rings. The summed E-state index contributed by atoms with van der Waals surface area (Å²) in [6.45, 7) is 15.2.